The topological polar surface area (TPSA) is 56.9 Å². The number of fused-ring (bicyclic) bond motifs is 6. The van der Waals surface area contributed by atoms with Crippen molar-refractivity contribution in [3.8, 4) is 40.1 Å². The molecule has 6 aromatic carbocycles. The highest BCUT2D eigenvalue weighted by atomic mass is 32.1. The van der Waals surface area contributed by atoms with Gasteiger partial charge in [0.2, 0.25) is 0 Å². The summed E-state index contributed by atoms with van der Waals surface area (Å²) < 4.78 is 4.76. The van der Waals surface area contributed by atoms with Gasteiger partial charge >= 0.3 is 0 Å². The third kappa shape index (κ3) is 3.73. The van der Waals surface area contributed by atoms with Crippen LogP contribution in [0.5, 0.6) is 0 Å². The van der Waals surface area contributed by atoms with E-state index in [0.29, 0.717) is 22.4 Å². The van der Waals surface area contributed by atoms with Crippen molar-refractivity contribution in [2.75, 3.05) is 0 Å². The van der Waals surface area contributed by atoms with Crippen LogP contribution in [0.15, 0.2) is 121 Å². The average Bonchev–Trinajstić information content (AvgIpc) is 3.62. The van der Waals surface area contributed by atoms with Crippen LogP contribution in [0.2, 0.25) is 0 Å². The molecule has 0 saturated carbocycles. The van der Waals surface area contributed by atoms with Crippen molar-refractivity contribution in [1.82, 2.24) is 4.57 Å². The molecule has 5 heteroatoms. The Hall–Kier alpha value is -6.19. The molecule has 0 amide bonds. The molecule has 2 heterocycles. The number of benzene rings is 6. The van der Waals surface area contributed by atoms with Crippen LogP contribution in [0.25, 0.3) is 74.8 Å². The van der Waals surface area contributed by atoms with Gasteiger partial charge in [-0.1, -0.05) is 66.7 Å². The number of nitriles is 2. The normalized spacial score (nSPS) is 11.1. The van der Waals surface area contributed by atoms with Gasteiger partial charge in [0.05, 0.1) is 35.3 Å². The molecule has 0 radical (unpaired) electrons. The molecule has 0 fully saturated rings. The van der Waals surface area contributed by atoms with Gasteiger partial charge < -0.3 is 4.57 Å². The van der Waals surface area contributed by atoms with Gasteiger partial charge in [-0.05, 0) is 71.3 Å². The van der Waals surface area contributed by atoms with E-state index in [-0.39, 0.29) is 0 Å². The first kappa shape index (κ1) is 25.5. The third-order valence-electron chi connectivity index (χ3n) is 8.32. The Morgan fingerprint density at radius 1 is 0.614 bits per heavy atom. The van der Waals surface area contributed by atoms with Crippen molar-refractivity contribution in [1.29, 1.82) is 10.5 Å². The van der Waals surface area contributed by atoms with Crippen LogP contribution in [-0.4, -0.2) is 4.57 Å². The molecule has 0 spiro atoms. The minimum absolute atomic E-state index is 0.439. The Kier molecular flexibility index (Phi) is 5.78. The van der Waals surface area contributed by atoms with E-state index >= 15 is 0 Å². The molecule has 0 saturated heterocycles. The predicted molar refractivity (Wildman–Crippen MR) is 180 cm³/mol. The van der Waals surface area contributed by atoms with Gasteiger partial charge in [0.25, 0.3) is 0 Å². The number of hydrogen-bond acceptors (Lipinski definition) is 3. The van der Waals surface area contributed by atoms with E-state index in [1.165, 1.54) is 20.2 Å². The Morgan fingerprint density at radius 3 is 2.23 bits per heavy atom. The summed E-state index contributed by atoms with van der Waals surface area (Å²) in [6, 6.07) is 45.1. The lowest BCUT2D eigenvalue weighted by atomic mass is 9.93. The molecule has 8 rings (SSSR count). The fourth-order valence-electron chi connectivity index (χ4n) is 6.42. The number of thiophene rings is 1. The lowest BCUT2D eigenvalue weighted by molar-refractivity contribution is 1.19. The SMILES string of the molecule is [C-]#[N+]c1cccc(C#N)c1-c1cccc2c1c1cc(-c3ccccc3C#N)ccc1n2-c1ccc2sc3ccccc3c2c1. The van der Waals surface area contributed by atoms with Crippen molar-refractivity contribution >= 4 is 59.0 Å². The van der Waals surface area contributed by atoms with Crippen molar-refractivity contribution in [3.05, 3.63) is 144 Å². The summed E-state index contributed by atoms with van der Waals surface area (Å²) in [6.07, 6.45) is 0. The number of rotatable bonds is 3. The second kappa shape index (κ2) is 9.97. The molecular weight excluding hydrogens is 557 g/mol. The van der Waals surface area contributed by atoms with Gasteiger partial charge in [-0.25, -0.2) is 4.85 Å². The van der Waals surface area contributed by atoms with Crippen LogP contribution in [0.3, 0.4) is 0 Å². The monoisotopic (exact) mass is 576 g/mol. The van der Waals surface area contributed by atoms with Crippen LogP contribution in [-0.2, 0) is 0 Å². The average molecular weight is 577 g/mol. The maximum atomic E-state index is 10.1. The number of hydrogen-bond donors (Lipinski definition) is 0. The van der Waals surface area contributed by atoms with Crippen LogP contribution < -0.4 is 0 Å². The lowest BCUT2D eigenvalue weighted by Gasteiger charge is -2.11. The smallest absolute Gasteiger partial charge is 0.196 e. The highest BCUT2D eigenvalue weighted by Crippen LogP contribution is 2.44. The Morgan fingerprint density at radius 2 is 1.36 bits per heavy atom. The van der Waals surface area contributed by atoms with E-state index in [9.17, 15) is 10.5 Å². The van der Waals surface area contributed by atoms with Gasteiger partial charge in [0, 0.05) is 47.8 Å². The van der Waals surface area contributed by atoms with Crippen LogP contribution >= 0.6 is 11.3 Å². The Balaban J connectivity index is 1.51. The summed E-state index contributed by atoms with van der Waals surface area (Å²) in [4.78, 5) is 3.81. The standard InChI is InChI=1S/C39H20N4S/c1-42-33-13-6-9-26(23-41)38(33)30-12-7-14-35-39(30)32-20-24(28-10-3-2-8-25(28)22-40)16-18-34(32)43(35)27-17-19-37-31(21-27)29-11-4-5-15-36(29)44-37/h2-21H. The van der Waals surface area contributed by atoms with Crippen LogP contribution in [0, 0.1) is 29.2 Å². The predicted octanol–water partition coefficient (Wildman–Crippen LogP) is 10.8. The molecule has 44 heavy (non-hydrogen) atoms. The molecule has 0 aliphatic carbocycles. The Labute approximate surface area is 257 Å². The first-order valence-electron chi connectivity index (χ1n) is 14.1. The molecular formula is C39H20N4S. The van der Waals surface area contributed by atoms with E-state index in [4.69, 9.17) is 6.57 Å². The minimum Gasteiger partial charge on any atom is -0.309 e. The fourth-order valence-corrected chi connectivity index (χ4v) is 7.51. The lowest BCUT2D eigenvalue weighted by Crippen LogP contribution is -1.94. The quantitative estimate of drug-likeness (QED) is 0.196. The van der Waals surface area contributed by atoms with Crippen molar-refractivity contribution in [2.24, 2.45) is 0 Å². The van der Waals surface area contributed by atoms with Crippen molar-refractivity contribution < 1.29 is 0 Å². The molecule has 8 aromatic rings. The molecule has 0 aliphatic rings. The van der Waals surface area contributed by atoms with E-state index in [1.807, 2.05) is 36.4 Å². The molecule has 0 unspecified atom stereocenters. The molecule has 4 nitrogen and oxygen atoms in total. The van der Waals surface area contributed by atoms with Gasteiger partial charge in [-0.2, -0.15) is 10.5 Å². The van der Waals surface area contributed by atoms with Crippen molar-refractivity contribution in [3.63, 3.8) is 0 Å². The van der Waals surface area contributed by atoms with E-state index in [0.717, 1.165) is 44.2 Å². The van der Waals surface area contributed by atoms with E-state index in [2.05, 4.69) is 88.3 Å². The summed E-state index contributed by atoms with van der Waals surface area (Å²) in [7, 11) is 0. The third-order valence-corrected chi connectivity index (χ3v) is 9.47. The molecule has 0 N–H and O–H groups in total. The van der Waals surface area contributed by atoms with E-state index in [1.54, 1.807) is 29.5 Å². The van der Waals surface area contributed by atoms with Gasteiger partial charge in [-0.3, -0.25) is 0 Å². The van der Waals surface area contributed by atoms with Crippen molar-refractivity contribution in [2.45, 2.75) is 0 Å². The minimum atomic E-state index is 0.439. The molecule has 0 bridgehead atoms. The Bertz CT molecular complexity index is 2570. The molecule has 2 aromatic heterocycles. The molecule has 202 valence electrons. The molecule has 0 atom stereocenters. The summed E-state index contributed by atoms with van der Waals surface area (Å²) in [5.74, 6) is 0. The zero-order chi connectivity index (χ0) is 29.8. The maximum Gasteiger partial charge on any atom is 0.196 e. The van der Waals surface area contributed by atoms with E-state index < -0.39 is 0 Å². The van der Waals surface area contributed by atoms with Gasteiger partial charge in [0.15, 0.2) is 5.69 Å². The van der Waals surface area contributed by atoms with Crippen LogP contribution in [0.4, 0.5) is 5.69 Å². The van der Waals surface area contributed by atoms with Crippen LogP contribution in [0.1, 0.15) is 11.1 Å². The first-order chi connectivity index (χ1) is 21.7. The number of nitrogens with zero attached hydrogens (tertiary/aromatic N) is 4. The fraction of sp³-hybridized carbons (Fsp3) is 0. The zero-order valence-electron chi connectivity index (χ0n) is 23.2. The second-order valence-electron chi connectivity index (χ2n) is 10.6. The highest BCUT2D eigenvalue weighted by Gasteiger charge is 2.21. The second-order valence-corrected chi connectivity index (χ2v) is 11.7. The van der Waals surface area contributed by atoms with Gasteiger partial charge in [0.1, 0.15) is 0 Å². The largest absolute Gasteiger partial charge is 0.309 e. The first-order valence-corrected chi connectivity index (χ1v) is 14.9. The summed E-state index contributed by atoms with van der Waals surface area (Å²) in [5.41, 5.74) is 7.78. The van der Waals surface area contributed by atoms with Gasteiger partial charge in [-0.15, -0.1) is 11.3 Å². The summed E-state index contributed by atoms with van der Waals surface area (Å²) in [6.45, 7) is 7.92. The number of aromatic nitrogens is 1. The maximum absolute atomic E-state index is 10.1. The molecule has 0 aliphatic heterocycles. The zero-order valence-corrected chi connectivity index (χ0v) is 24.1. The summed E-state index contributed by atoms with van der Waals surface area (Å²) in [5, 5.41) is 24.3. The summed E-state index contributed by atoms with van der Waals surface area (Å²) >= 11 is 1.79. The highest BCUT2D eigenvalue weighted by molar-refractivity contribution is 7.25.